The highest BCUT2D eigenvalue weighted by atomic mass is 79.9. The van der Waals surface area contributed by atoms with Crippen LogP contribution in [0.25, 0.3) is 0 Å². The standard InChI is InChI=1S/C8H7BrN2O2/c1-4-2-5(9)10-8-7(4)13-3-6(12)11-8/h2H,3H2,1H3,(H,10,11,12). The molecule has 1 N–H and O–H groups in total. The fourth-order valence-electron chi connectivity index (χ4n) is 1.19. The lowest BCUT2D eigenvalue weighted by atomic mass is 10.2. The monoisotopic (exact) mass is 242 g/mol. The zero-order chi connectivity index (χ0) is 9.42. The van der Waals surface area contributed by atoms with E-state index in [9.17, 15) is 4.79 Å². The first-order valence-electron chi connectivity index (χ1n) is 3.76. The summed E-state index contributed by atoms with van der Waals surface area (Å²) in [7, 11) is 0. The second kappa shape index (κ2) is 2.99. The molecule has 0 radical (unpaired) electrons. The molecule has 1 aromatic heterocycles. The quantitative estimate of drug-likeness (QED) is 0.702. The first-order chi connectivity index (χ1) is 6.16. The molecule has 0 spiro atoms. The van der Waals surface area contributed by atoms with E-state index in [2.05, 4.69) is 26.2 Å². The summed E-state index contributed by atoms with van der Waals surface area (Å²) in [5.74, 6) is 0.975. The summed E-state index contributed by atoms with van der Waals surface area (Å²) in [6.45, 7) is 1.97. The Balaban J connectivity index is 2.53. The van der Waals surface area contributed by atoms with Crippen molar-refractivity contribution in [3.63, 3.8) is 0 Å². The van der Waals surface area contributed by atoms with Gasteiger partial charge >= 0.3 is 0 Å². The lowest BCUT2D eigenvalue weighted by Crippen LogP contribution is -2.26. The SMILES string of the molecule is Cc1cc(Br)nc2c1OCC(=O)N2. The number of hydrogen-bond donors (Lipinski definition) is 1. The number of nitrogens with one attached hydrogen (secondary N) is 1. The average Bonchev–Trinajstić information content (AvgIpc) is 2.02. The molecule has 0 fully saturated rings. The van der Waals surface area contributed by atoms with Gasteiger partial charge in [0.15, 0.2) is 18.2 Å². The number of carbonyl (C=O) groups is 1. The number of nitrogens with zero attached hydrogens (tertiary/aromatic N) is 1. The Morgan fingerprint density at radius 2 is 2.46 bits per heavy atom. The number of halogens is 1. The van der Waals surface area contributed by atoms with Crippen LogP contribution in [0.4, 0.5) is 5.82 Å². The van der Waals surface area contributed by atoms with Crippen LogP contribution in [0.2, 0.25) is 0 Å². The van der Waals surface area contributed by atoms with Crippen molar-refractivity contribution in [2.45, 2.75) is 6.92 Å². The van der Waals surface area contributed by atoms with E-state index in [-0.39, 0.29) is 12.5 Å². The van der Waals surface area contributed by atoms with Crippen molar-refractivity contribution in [2.24, 2.45) is 0 Å². The lowest BCUT2D eigenvalue weighted by molar-refractivity contribution is -0.118. The molecule has 68 valence electrons. The minimum atomic E-state index is -0.169. The molecule has 1 aromatic rings. The van der Waals surface area contributed by atoms with Crippen LogP contribution in [0.3, 0.4) is 0 Å². The molecule has 0 unspecified atom stereocenters. The van der Waals surface area contributed by atoms with E-state index >= 15 is 0 Å². The molecule has 2 rings (SSSR count). The molecule has 0 saturated carbocycles. The number of ether oxygens (including phenoxy) is 1. The zero-order valence-corrected chi connectivity index (χ0v) is 8.51. The summed E-state index contributed by atoms with van der Waals surface area (Å²) in [4.78, 5) is 15.0. The fourth-order valence-corrected chi connectivity index (χ4v) is 1.71. The number of amides is 1. The summed E-state index contributed by atoms with van der Waals surface area (Å²) < 4.78 is 5.92. The van der Waals surface area contributed by atoms with Crippen LogP contribution in [0.5, 0.6) is 5.75 Å². The van der Waals surface area contributed by atoms with E-state index in [1.807, 2.05) is 13.0 Å². The Kier molecular flexibility index (Phi) is 1.95. The zero-order valence-electron chi connectivity index (χ0n) is 6.93. The summed E-state index contributed by atoms with van der Waals surface area (Å²) in [5.41, 5.74) is 0.955. The molecule has 5 heteroatoms. The maximum Gasteiger partial charge on any atom is 0.263 e. The third kappa shape index (κ3) is 1.51. The van der Waals surface area contributed by atoms with Gasteiger partial charge in [-0.25, -0.2) is 4.98 Å². The molecular formula is C8H7BrN2O2. The topological polar surface area (TPSA) is 51.2 Å². The highest BCUT2D eigenvalue weighted by Crippen LogP contribution is 2.31. The van der Waals surface area contributed by atoms with Gasteiger partial charge in [-0.15, -0.1) is 0 Å². The average molecular weight is 243 g/mol. The molecule has 1 amide bonds. The van der Waals surface area contributed by atoms with Crippen molar-refractivity contribution in [3.05, 3.63) is 16.2 Å². The van der Waals surface area contributed by atoms with Gasteiger partial charge < -0.3 is 10.1 Å². The molecule has 13 heavy (non-hydrogen) atoms. The van der Waals surface area contributed by atoms with Gasteiger partial charge in [0.05, 0.1) is 0 Å². The number of hydrogen-bond acceptors (Lipinski definition) is 3. The number of fused-ring (bicyclic) bond motifs is 1. The normalized spacial score (nSPS) is 14.5. The molecule has 0 saturated heterocycles. The molecule has 0 aliphatic carbocycles. The number of carbonyl (C=O) groups excluding carboxylic acids is 1. The minimum Gasteiger partial charge on any atom is -0.480 e. The first-order valence-corrected chi connectivity index (χ1v) is 4.56. The predicted molar refractivity (Wildman–Crippen MR) is 50.8 cm³/mol. The van der Waals surface area contributed by atoms with Gasteiger partial charge in [0.2, 0.25) is 0 Å². The van der Waals surface area contributed by atoms with Crippen LogP contribution in [0.15, 0.2) is 10.7 Å². The molecule has 1 aliphatic rings. The maximum absolute atomic E-state index is 11.0. The third-order valence-electron chi connectivity index (χ3n) is 1.73. The van der Waals surface area contributed by atoms with E-state index in [1.54, 1.807) is 0 Å². The maximum atomic E-state index is 11.0. The van der Waals surface area contributed by atoms with Crippen molar-refractivity contribution in [1.82, 2.24) is 4.98 Å². The number of rotatable bonds is 0. The first kappa shape index (κ1) is 8.50. The van der Waals surface area contributed by atoms with Gasteiger partial charge in [-0.2, -0.15) is 0 Å². The number of aryl methyl sites for hydroxylation is 1. The van der Waals surface area contributed by atoms with E-state index < -0.39 is 0 Å². The van der Waals surface area contributed by atoms with E-state index in [0.29, 0.717) is 16.2 Å². The van der Waals surface area contributed by atoms with Crippen LogP contribution < -0.4 is 10.1 Å². The summed E-state index contributed by atoms with van der Waals surface area (Å²) in [6.07, 6.45) is 0. The Morgan fingerprint density at radius 3 is 3.23 bits per heavy atom. The van der Waals surface area contributed by atoms with Gasteiger partial charge in [-0.05, 0) is 34.5 Å². The Hall–Kier alpha value is -1.10. The van der Waals surface area contributed by atoms with Crippen molar-refractivity contribution in [2.75, 3.05) is 11.9 Å². The predicted octanol–water partition coefficient (Wildman–Crippen LogP) is 1.48. The van der Waals surface area contributed by atoms with Gasteiger partial charge in [0.1, 0.15) is 4.60 Å². The van der Waals surface area contributed by atoms with Crippen LogP contribution >= 0.6 is 15.9 Å². The smallest absolute Gasteiger partial charge is 0.263 e. The van der Waals surface area contributed by atoms with Crippen LogP contribution in [-0.4, -0.2) is 17.5 Å². The van der Waals surface area contributed by atoms with Gasteiger partial charge in [-0.1, -0.05) is 0 Å². The number of aromatic nitrogens is 1. The summed E-state index contributed by atoms with van der Waals surface area (Å²) in [6, 6.07) is 1.84. The molecule has 2 heterocycles. The molecule has 0 bridgehead atoms. The van der Waals surface area contributed by atoms with Gasteiger partial charge in [-0.3, -0.25) is 4.79 Å². The van der Waals surface area contributed by atoms with Crippen LogP contribution in [0, 0.1) is 6.92 Å². The van der Waals surface area contributed by atoms with Crippen molar-refractivity contribution >= 4 is 27.7 Å². The number of anilines is 1. The molecule has 0 aromatic carbocycles. The summed E-state index contributed by atoms with van der Waals surface area (Å²) in [5, 5.41) is 2.64. The Morgan fingerprint density at radius 1 is 1.69 bits per heavy atom. The van der Waals surface area contributed by atoms with Gasteiger partial charge in [0.25, 0.3) is 5.91 Å². The van der Waals surface area contributed by atoms with Crippen LogP contribution in [-0.2, 0) is 4.79 Å². The van der Waals surface area contributed by atoms with Crippen LogP contribution in [0.1, 0.15) is 5.56 Å². The highest BCUT2D eigenvalue weighted by Gasteiger charge is 2.19. The van der Waals surface area contributed by atoms with Crippen molar-refractivity contribution < 1.29 is 9.53 Å². The fraction of sp³-hybridized carbons (Fsp3) is 0.250. The lowest BCUT2D eigenvalue weighted by Gasteiger charge is -2.18. The second-order valence-corrected chi connectivity index (χ2v) is 3.59. The van der Waals surface area contributed by atoms with E-state index in [0.717, 1.165) is 5.56 Å². The minimum absolute atomic E-state index is 0.0666. The summed E-state index contributed by atoms with van der Waals surface area (Å²) >= 11 is 3.24. The molecular weight excluding hydrogens is 236 g/mol. The van der Waals surface area contributed by atoms with Gasteiger partial charge in [0, 0.05) is 0 Å². The van der Waals surface area contributed by atoms with E-state index in [4.69, 9.17) is 4.74 Å². The van der Waals surface area contributed by atoms with Crippen molar-refractivity contribution in [3.8, 4) is 5.75 Å². The Bertz CT molecular complexity index is 379. The molecule has 1 aliphatic heterocycles. The van der Waals surface area contributed by atoms with Crippen molar-refractivity contribution in [1.29, 1.82) is 0 Å². The highest BCUT2D eigenvalue weighted by molar-refractivity contribution is 9.10. The van der Waals surface area contributed by atoms with E-state index in [1.165, 1.54) is 0 Å². The number of pyridine rings is 1. The largest absolute Gasteiger partial charge is 0.480 e. The Labute approximate surface area is 83.4 Å². The molecule has 4 nitrogen and oxygen atoms in total. The molecule has 0 atom stereocenters. The second-order valence-electron chi connectivity index (χ2n) is 2.78. The third-order valence-corrected chi connectivity index (χ3v) is 2.14.